The largest absolute Gasteiger partial charge is 0.465 e. The first kappa shape index (κ1) is 15.5. The zero-order chi connectivity index (χ0) is 15.2. The molecule has 5 nitrogen and oxygen atoms in total. The number of hydrogen-bond acceptors (Lipinski definition) is 4. The molecule has 1 aromatic carbocycles. The second-order valence-corrected chi connectivity index (χ2v) is 5.23. The third kappa shape index (κ3) is 3.82. The molecule has 1 saturated heterocycles. The van der Waals surface area contributed by atoms with Crippen LogP contribution in [0.4, 0.5) is 0 Å². The van der Waals surface area contributed by atoms with Crippen molar-refractivity contribution in [2.75, 3.05) is 13.7 Å². The Morgan fingerprint density at radius 3 is 2.57 bits per heavy atom. The summed E-state index contributed by atoms with van der Waals surface area (Å²) in [5.41, 5.74) is 1.06. The molecule has 0 aliphatic carbocycles. The zero-order valence-corrected chi connectivity index (χ0v) is 12.5. The van der Waals surface area contributed by atoms with Crippen LogP contribution in [0.3, 0.4) is 0 Å². The number of carbonyl (C=O) groups is 2. The summed E-state index contributed by atoms with van der Waals surface area (Å²) in [5, 5.41) is 2.93. The van der Waals surface area contributed by atoms with Gasteiger partial charge in [0.05, 0.1) is 12.6 Å². The van der Waals surface area contributed by atoms with Gasteiger partial charge in [-0.15, -0.1) is 0 Å². The summed E-state index contributed by atoms with van der Waals surface area (Å²) in [4.78, 5) is 25.9. The van der Waals surface area contributed by atoms with E-state index in [0.29, 0.717) is 26.0 Å². The number of hydrogen-bond donors (Lipinski definition) is 1. The Labute approximate surface area is 125 Å². The SMILES string of the molecule is CCOC(=O)[C@@H]1CC[C@@H](C(=O)NCc2ccccc2)N1C. The lowest BCUT2D eigenvalue weighted by atomic mass is 10.1. The van der Waals surface area contributed by atoms with Gasteiger partial charge in [0.2, 0.25) is 5.91 Å². The fourth-order valence-electron chi connectivity index (χ4n) is 2.68. The molecule has 1 N–H and O–H groups in total. The number of esters is 1. The summed E-state index contributed by atoms with van der Waals surface area (Å²) in [7, 11) is 1.81. The molecule has 1 aromatic rings. The third-order valence-corrected chi connectivity index (χ3v) is 3.87. The number of likely N-dealkylation sites (tertiary alicyclic amines) is 1. The molecule has 0 unspecified atom stereocenters. The molecule has 0 aromatic heterocycles. The molecule has 1 aliphatic heterocycles. The average Bonchev–Trinajstić information content (AvgIpc) is 2.88. The van der Waals surface area contributed by atoms with E-state index >= 15 is 0 Å². The number of nitrogens with one attached hydrogen (secondary N) is 1. The fourth-order valence-corrected chi connectivity index (χ4v) is 2.68. The van der Waals surface area contributed by atoms with E-state index in [1.807, 2.05) is 35.2 Å². The second-order valence-electron chi connectivity index (χ2n) is 5.23. The van der Waals surface area contributed by atoms with Gasteiger partial charge in [-0.3, -0.25) is 14.5 Å². The van der Waals surface area contributed by atoms with Gasteiger partial charge in [-0.05, 0) is 32.4 Å². The van der Waals surface area contributed by atoms with E-state index in [1.165, 1.54) is 0 Å². The summed E-state index contributed by atoms with van der Waals surface area (Å²) >= 11 is 0. The molecule has 2 atom stereocenters. The number of rotatable bonds is 5. The number of amides is 1. The topological polar surface area (TPSA) is 58.6 Å². The fraction of sp³-hybridized carbons (Fsp3) is 0.500. The molecule has 2 rings (SSSR count). The number of nitrogens with zero attached hydrogens (tertiary/aromatic N) is 1. The quantitative estimate of drug-likeness (QED) is 0.831. The van der Waals surface area contributed by atoms with Crippen LogP contribution in [-0.4, -0.2) is 42.5 Å². The Hall–Kier alpha value is -1.88. The standard InChI is InChI=1S/C16H22N2O3/c1-3-21-16(20)14-10-9-13(18(14)2)15(19)17-11-12-7-5-4-6-8-12/h4-8,13-14H,3,9-11H2,1-2H3,(H,17,19)/t13-,14-/m0/s1. The Bertz CT molecular complexity index is 490. The lowest BCUT2D eigenvalue weighted by Gasteiger charge is -2.23. The third-order valence-electron chi connectivity index (χ3n) is 3.87. The molecule has 1 amide bonds. The molecule has 1 aliphatic rings. The summed E-state index contributed by atoms with van der Waals surface area (Å²) in [6.07, 6.45) is 1.35. The van der Waals surface area contributed by atoms with Crippen LogP contribution >= 0.6 is 0 Å². The molecule has 1 fully saturated rings. The predicted molar refractivity (Wildman–Crippen MR) is 79.5 cm³/mol. The lowest BCUT2D eigenvalue weighted by Crippen LogP contribution is -2.46. The highest BCUT2D eigenvalue weighted by molar-refractivity contribution is 5.84. The van der Waals surface area contributed by atoms with E-state index in [0.717, 1.165) is 5.56 Å². The molecule has 0 radical (unpaired) electrons. The van der Waals surface area contributed by atoms with Crippen LogP contribution in [0.15, 0.2) is 30.3 Å². The van der Waals surface area contributed by atoms with Gasteiger partial charge in [-0.2, -0.15) is 0 Å². The number of likely N-dealkylation sites (N-methyl/N-ethyl adjacent to an activating group) is 1. The van der Waals surface area contributed by atoms with Crippen molar-refractivity contribution in [3.8, 4) is 0 Å². The first-order valence-corrected chi connectivity index (χ1v) is 7.33. The van der Waals surface area contributed by atoms with E-state index < -0.39 is 0 Å². The Morgan fingerprint density at radius 2 is 1.90 bits per heavy atom. The molecular weight excluding hydrogens is 268 g/mol. The molecule has 1 heterocycles. The smallest absolute Gasteiger partial charge is 0.323 e. The van der Waals surface area contributed by atoms with Crippen molar-refractivity contribution in [3.05, 3.63) is 35.9 Å². The summed E-state index contributed by atoms with van der Waals surface area (Å²) < 4.78 is 5.04. The molecule has 114 valence electrons. The first-order chi connectivity index (χ1) is 10.1. The minimum atomic E-state index is -0.308. The van der Waals surface area contributed by atoms with Gasteiger partial charge in [0, 0.05) is 6.54 Å². The van der Waals surface area contributed by atoms with E-state index in [2.05, 4.69) is 5.32 Å². The highest BCUT2D eigenvalue weighted by Gasteiger charge is 2.39. The van der Waals surface area contributed by atoms with Gasteiger partial charge in [-0.1, -0.05) is 30.3 Å². The van der Waals surface area contributed by atoms with Crippen molar-refractivity contribution < 1.29 is 14.3 Å². The van der Waals surface area contributed by atoms with Crippen molar-refractivity contribution >= 4 is 11.9 Å². The summed E-state index contributed by atoms with van der Waals surface area (Å²) in [6, 6.07) is 9.21. The highest BCUT2D eigenvalue weighted by atomic mass is 16.5. The molecule has 21 heavy (non-hydrogen) atoms. The summed E-state index contributed by atoms with van der Waals surface area (Å²) in [5.74, 6) is -0.272. The van der Waals surface area contributed by atoms with E-state index in [1.54, 1.807) is 14.0 Å². The molecule has 0 spiro atoms. The maximum absolute atomic E-state index is 12.3. The van der Waals surface area contributed by atoms with Crippen LogP contribution in [0.2, 0.25) is 0 Å². The van der Waals surface area contributed by atoms with Gasteiger partial charge in [0.15, 0.2) is 0 Å². The minimum absolute atomic E-state index is 0.0341. The number of benzene rings is 1. The molecule has 5 heteroatoms. The van der Waals surface area contributed by atoms with Crippen molar-refractivity contribution in [1.29, 1.82) is 0 Å². The molecular formula is C16H22N2O3. The van der Waals surface area contributed by atoms with Crippen LogP contribution in [0, 0.1) is 0 Å². The van der Waals surface area contributed by atoms with Crippen LogP contribution in [0.5, 0.6) is 0 Å². The van der Waals surface area contributed by atoms with Gasteiger partial charge in [0.1, 0.15) is 6.04 Å². The van der Waals surface area contributed by atoms with Gasteiger partial charge >= 0.3 is 5.97 Å². The van der Waals surface area contributed by atoms with Gasteiger partial charge < -0.3 is 10.1 Å². The van der Waals surface area contributed by atoms with Gasteiger partial charge in [0.25, 0.3) is 0 Å². The van der Waals surface area contributed by atoms with Gasteiger partial charge in [-0.25, -0.2) is 0 Å². The van der Waals surface area contributed by atoms with Crippen molar-refractivity contribution in [1.82, 2.24) is 10.2 Å². The van der Waals surface area contributed by atoms with E-state index in [4.69, 9.17) is 4.74 Å². The number of ether oxygens (including phenoxy) is 1. The van der Waals surface area contributed by atoms with Crippen molar-refractivity contribution in [3.63, 3.8) is 0 Å². The minimum Gasteiger partial charge on any atom is -0.465 e. The predicted octanol–water partition coefficient (Wildman–Crippen LogP) is 1.33. The van der Waals surface area contributed by atoms with Crippen LogP contribution in [0.1, 0.15) is 25.3 Å². The van der Waals surface area contributed by atoms with Crippen LogP contribution in [-0.2, 0) is 20.9 Å². The Balaban J connectivity index is 1.87. The molecule has 0 saturated carbocycles. The monoisotopic (exact) mass is 290 g/mol. The normalized spacial score (nSPS) is 22.0. The lowest BCUT2D eigenvalue weighted by molar-refractivity contribution is -0.148. The number of carbonyl (C=O) groups excluding carboxylic acids is 2. The maximum atomic E-state index is 12.3. The van der Waals surface area contributed by atoms with E-state index in [9.17, 15) is 9.59 Å². The zero-order valence-electron chi connectivity index (χ0n) is 12.5. The Morgan fingerprint density at radius 1 is 1.24 bits per heavy atom. The van der Waals surface area contributed by atoms with Crippen LogP contribution in [0.25, 0.3) is 0 Å². The maximum Gasteiger partial charge on any atom is 0.323 e. The first-order valence-electron chi connectivity index (χ1n) is 7.33. The Kier molecular flexibility index (Phi) is 5.33. The van der Waals surface area contributed by atoms with Crippen LogP contribution < -0.4 is 5.32 Å². The van der Waals surface area contributed by atoms with Crippen molar-refractivity contribution in [2.24, 2.45) is 0 Å². The second kappa shape index (κ2) is 7.22. The average molecular weight is 290 g/mol. The van der Waals surface area contributed by atoms with Crippen molar-refractivity contribution in [2.45, 2.75) is 38.4 Å². The van der Waals surface area contributed by atoms with E-state index in [-0.39, 0.29) is 24.0 Å². The summed E-state index contributed by atoms with van der Waals surface area (Å²) in [6.45, 7) is 2.67. The molecule has 0 bridgehead atoms. The highest BCUT2D eigenvalue weighted by Crippen LogP contribution is 2.23.